The van der Waals surface area contributed by atoms with Crippen molar-refractivity contribution in [2.24, 2.45) is 0 Å². The van der Waals surface area contributed by atoms with Gasteiger partial charge in [0.1, 0.15) is 18.7 Å². The van der Waals surface area contributed by atoms with Crippen molar-refractivity contribution in [2.45, 2.75) is 38.1 Å². The molecule has 0 fully saturated rings. The molecule has 1 aromatic rings. The highest BCUT2D eigenvalue weighted by Gasteiger charge is 2.30. The molecule has 1 aromatic carbocycles. The first-order valence-electron chi connectivity index (χ1n) is 9.06. The fourth-order valence-electron chi connectivity index (χ4n) is 2.28. The molecule has 0 spiro atoms. The van der Waals surface area contributed by atoms with Crippen LogP contribution >= 0.6 is 0 Å². The van der Waals surface area contributed by atoms with Gasteiger partial charge in [-0.25, -0.2) is 14.4 Å². The molecule has 0 heterocycles. The average molecular weight is 422 g/mol. The summed E-state index contributed by atoms with van der Waals surface area (Å²) >= 11 is 0. The molecule has 0 aromatic heterocycles. The minimum atomic E-state index is -1.38. The third kappa shape index (κ3) is 8.74. The molecule has 0 radical (unpaired) electrons. The van der Waals surface area contributed by atoms with Gasteiger partial charge < -0.3 is 30.0 Å². The van der Waals surface area contributed by atoms with E-state index >= 15 is 0 Å². The highest BCUT2D eigenvalue weighted by Crippen LogP contribution is 2.04. The lowest BCUT2D eigenvalue weighted by Gasteiger charge is -2.23. The number of alkyl carbamates (subject to hydrolysis) is 1. The van der Waals surface area contributed by atoms with E-state index in [1.165, 1.54) is 20.1 Å². The van der Waals surface area contributed by atoms with E-state index in [-0.39, 0.29) is 13.0 Å². The van der Waals surface area contributed by atoms with Gasteiger partial charge in [-0.1, -0.05) is 36.4 Å². The number of hydrogen-bond acceptors (Lipinski definition) is 8. The van der Waals surface area contributed by atoms with Crippen molar-refractivity contribution in [2.75, 3.05) is 14.2 Å². The Bertz CT molecular complexity index is 748. The predicted octanol–water partition coefficient (Wildman–Crippen LogP) is 0.439. The standard InChI is InChI=1S/C20H26N2O8/c1-13(23)17(22-20(27)30-12-14-8-5-4-6-9-14)18(25)21-15(19(26)29-3)10-7-11-16(24)28-2/h4-9,11,13,15,17,23H,10,12H2,1-3H3,(H,21,25)(H,22,27)/b11-7+/t13-,15-,17+/m1/s1. The zero-order valence-electron chi connectivity index (χ0n) is 17.0. The van der Waals surface area contributed by atoms with Gasteiger partial charge in [0.15, 0.2) is 0 Å². The quantitative estimate of drug-likeness (QED) is 0.280. The number of methoxy groups -OCH3 is 2. The van der Waals surface area contributed by atoms with E-state index in [0.717, 1.165) is 18.7 Å². The zero-order valence-corrected chi connectivity index (χ0v) is 17.0. The van der Waals surface area contributed by atoms with Gasteiger partial charge in [-0.2, -0.15) is 0 Å². The molecule has 0 saturated heterocycles. The molecule has 3 atom stereocenters. The average Bonchev–Trinajstić information content (AvgIpc) is 2.74. The van der Waals surface area contributed by atoms with Crippen molar-refractivity contribution >= 4 is 23.9 Å². The van der Waals surface area contributed by atoms with Gasteiger partial charge in [0.05, 0.1) is 20.3 Å². The number of aliphatic hydroxyl groups is 1. The van der Waals surface area contributed by atoms with Crippen LogP contribution in [0.15, 0.2) is 42.5 Å². The van der Waals surface area contributed by atoms with E-state index in [1.807, 2.05) is 6.07 Å². The summed E-state index contributed by atoms with van der Waals surface area (Å²) in [4.78, 5) is 47.6. The monoisotopic (exact) mass is 422 g/mol. The lowest BCUT2D eigenvalue weighted by atomic mass is 10.1. The summed E-state index contributed by atoms with van der Waals surface area (Å²) in [5.74, 6) is -2.23. The van der Waals surface area contributed by atoms with Crippen LogP contribution in [0.3, 0.4) is 0 Å². The molecule has 30 heavy (non-hydrogen) atoms. The molecule has 0 aliphatic heterocycles. The number of carbonyl (C=O) groups excluding carboxylic acids is 4. The Balaban J connectivity index is 2.72. The second-order valence-corrected chi connectivity index (χ2v) is 6.17. The van der Waals surface area contributed by atoms with E-state index in [1.54, 1.807) is 24.3 Å². The summed E-state index contributed by atoms with van der Waals surface area (Å²) in [5, 5.41) is 14.5. The summed E-state index contributed by atoms with van der Waals surface area (Å²) in [5.41, 5.74) is 0.744. The predicted molar refractivity (Wildman–Crippen MR) is 105 cm³/mol. The summed E-state index contributed by atoms with van der Waals surface area (Å²) in [6.07, 6.45) is 0.150. The van der Waals surface area contributed by atoms with Crippen molar-refractivity contribution < 1.29 is 38.5 Å². The Labute approximate surface area is 174 Å². The fourth-order valence-corrected chi connectivity index (χ4v) is 2.28. The van der Waals surface area contributed by atoms with Gasteiger partial charge in [0.2, 0.25) is 5.91 Å². The van der Waals surface area contributed by atoms with Crippen LogP contribution in [0.25, 0.3) is 0 Å². The molecule has 0 aliphatic carbocycles. The van der Waals surface area contributed by atoms with Crippen LogP contribution < -0.4 is 10.6 Å². The largest absolute Gasteiger partial charge is 0.467 e. The lowest BCUT2D eigenvalue weighted by Crippen LogP contribution is -2.55. The van der Waals surface area contributed by atoms with Crippen LogP contribution in [0.5, 0.6) is 0 Å². The molecule has 0 unspecified atom stereocenters. The summed E-state index contributed by atoms with van der Waals surface area (Å²) in [6.45, 7) is 1.27. The molecule has 10 nitrogen and oxygen atoms in total. The van der Waals surface area contributed by atoms with Crippen molar-refractivity contribution in [3.05, 3.63) is 48.0 Å². The van der Waals surface area contributed by atoms with Crippen LogP contribution in [-0.2, 0) is 35.2 Å². The fraction of sp³-hybridized carbons (Fsp3) is 0.400. The summed E-state index contributed by atoms with van der Waals surface area (Å²) < 4.78 is 14.1. The number of amides is 2. The smallest absolute Gasteiger partial charge is 0.408 e. The molecule has 1 rings (SSSR count). The number of aliphatic hydroxyl groups excluding tert-OH is 1. The van der Waals surface area contributed by atoms with E-state index in [0.29, 0.717) is 0 Å². The molecule has 2 amide bonds. The molecule has 3 N–H and O–H groups in total. The van der Waals surface area contributed by atoms with Crippen LogP contribution in [0.2, 0.25) is 0 Å². The SMILES string of the molecule is COC(=O)/C=C/C[C@@H](NC(=O)[C@@H](NC(=O)OCc1ccccc1)[C@@H](C)O)C(=O)OC. The summed E-state index contributed by atoms with van der Waals surface area (Å²) in [6, 6.07) is 6.37. The Hall–Kier alpha value is -3.40. The van der Waals surface area contributed by atoms with E-state index in [9.17, 15) is 24.3 Å². The Morgan fingerprint density at radius 3 is 2.30 bits per heavy atom. The number of esters is 2. The Morgan fingerprint density at radius 2 is 1.73 bits per heavy atom. The Morgan fingerprint density at radius 1 is 1.07 bits per heavy atom. The van der Waals surface area contributed by atoms with E-state index in [2.05, 4.69) is 20.1 Å². The maximum absolute atomic E-state index is 12.5. The van der Waals surface area contributed by atoms with Crippen LogP contribution in [0.1, 0.15) is 18.9 Å². The number of hydrogen-bond donors (Lipinski definition) is 3. The second kappa shape index (κ2) is 12.9. The van der Waals surface area contributed by atoms with Gasteiger partial charge in [-0.15, -0.1) is 0 Å². The Kier molecular flexibility index (Phi) is 10.6. The molecule has 0 aliphatic rings. The number of rotatable bonds is 10. The van der Waals surface area contributed by atoms with Crippen molar-refractivity contribution in [1.29, 1.82) is 0 Å². The second-order valence-electron chi connectivity index (χ2n) is 6.17. The third-order valence-electron chi connectivity index (χ3n) is 3.88. The molecule has 10 heteroatoms. The minimum Gasteiger partial charge on any atom is -0.467 e. The maximum Gasteiger partial charge on any atom is 0.408 e. The van der Waals surface area contributed by atoms with Crippen molar-refractivity contribution in [3.8, 4) is 0 Å². The van der Waals surface area contributed by atoms with Crippen LogP contribution in [0, 0.1) is 0 Å². The van der Waals surface area contributed by atoms with Crippen LogP contribution in [-0.4, -0.2) is 61.5 Å². The number of benzene rings is 1. The maximum atomic E-state index is 12.5. The van der Waals surface area contributed by atoms with Crippen molar-refractivity contribution in [1.82, 2.24) is 10.6 Å². The first kappa shape index (κ1) is 24.6. The molecular formula is C20H26N2O8. The molecule has 0 bridgehead atoms. The summed E-state index contributed by atoms with van der Waals surface area (Å²) in [7, 11) is 2.33. The van der Waals surface area contributed by atoms with Crippen LogP contribution in [0.4, 0.5) is 4.79 Å². The molecule has 164 valence electrons. The topological polar surface area (TPSA) is 140 Å². The molecular weight excluding hydrogens is 396 g/mol. The van der Waals surface area contributed by atoms with Gasteiger partial charge in [-0.05, 0) is 18.9 Å². The van der Waals surface area contributed by atoms with E-state index in [4.69, 9.17) is 4.74 Å². The van der Waals surface area contributed by atoms with Gasteiger partial charge >= 0.3 is 18.0 Å². The van der Waals surface area contributed by atoms with Gasteiger partial charge in [-0.3, -0.25) is 4.79 Å². The minimum absolute atomic E-state index is 0.0239. The first-order valence-corrected chi connectivity index (χ1v) is 9.06. The normalized spacial score (nSPS) is 13.6. The lowest BCUT2D eigenvalue weighted by molar-refractivity contribution is -0.145. The highest BCUT2D eigenvalue weighted by molar-refractivity contribution is 5.90. The first-order chi connectivity index (χ1) is 14.3. The van der Waals surface area contributed by atoms with E-state index < -0.39 is 42.1 Å². The number of carbonyl (C=O) groups is 4. The number of nitrogens with one attached hydrogen (secondary N) is 2. The molecule has 0 saturated carbocycles. The number of ether oxygens (including phenoxy) is 3. The van der Waals surface area contributed by atoms with Gasteiger partial charge in [0, 0.05) is 6.08 Å². The zero-order chi connectivity index (χ0) is 22.5. The highest BCUT2D eigenvalue weighted by atomic mass is 16.5. The van der Waals surface area contributed by atoms with Gasteiger partial charge in [0.25, 0.3) is 0 Å². The van der Waals surface area contributed by atoms with Crippen molar-refractivity contribution in [3.63, 3.8) is 0 Å². The third-order valence-corrected chi connectivity index (χ3v) is 3.88.